The van der Waals surface area contributed by atoms with Gasteiger partial charge in [0.1, 0.15) is 10.7 Å². The highest BCUT2D eigenvalue weighted by atomic mass is 32.1. The van der Waals surface area contributed by atoms with E-state index in [1.165, 1.54) is 5.56 Å². The summed E-state index contributed by atoms with van der Waals surface area (Å²) in [6.45, 7) is 2.81. The van der Waals surface area contributed by atoms with E-state index in [1.807, 2.05) is 19.2 Å². The van der Waals surface area contributed by atoms with E-state index in [0.717, 1.165) is 17.8 Å². The summed E-state index contributed by atoms with van der Waals surface area (Å²) in [7, 11) is 2.05. The van der Waals surface area contributed by atoms with Gasteiger partial charge in [-0.25, -0.2) is 0 Å². The third-order valence-corrected chi connectivity index (χ3v) is 3.17. The lowest BCUT2D eigenvalue weighted by atomic mass is 10.1. The molecule has 2 N–H and O–H groups in total. The summed E-state index contributed by atoms with van der Waals surface area (Å²) in [6, 6.07) is 12.3. The Balaban J connectivity index is 2.24. The van der Waals surface area contributed by atoms with Crippen LogP contribution < -0.4 is 10.6 Å². The number of nitrogens with two attached hydrogens (primary N) is 1. The second kappa shape index (κ2) is 5.80. The van der Waals surface area contributed by atoms with E-state index in [2.05, 4.69) is 41.1 Å². The smallest absolute Gasteiger partial charge is 0.123 e. The Morgan fingerprint density at radius 2 is 2.11 bits per heavy atom. The number of hydrogen-bond donors (Lipinski definition) is 1. The van der Waals surface area contributed by atoms with Crippen LogP contribution in [0.2, 0.25) is 0 Å². The van der Waals surface area contributed by atoms with E-state index in [-0.39, 0.29) is 0 Å². The lowest BCUT2D eigenvalue weighted by molar-refractivity contribution is 0.911. The number of aromatic nitrogens is 1. The predicted octanol–water partition coefficient (Wildman–Crippen LogP) is 2.66. The maximum Gasteiger partial charge on any atom is 0.123 e. The summed E-state index contributed by atoms with van der Waals surface area (Å²) < 4.78 is 0. The highest BCUT2D eigenvalue weighted by molar-refractivity contribution is 7.80. The molecule has 0 radical (unpaired) electrons. The van der Waals surface area contributed by atoms with Gasteiger partial charge in [0.05, 0.1) is 0 Å². The summed E-state index contributed by atoms with van der Waals surface area (Å²) >= 11 is 5.04. The molecule has 19 heavy (non-hydrogen) atoms. The first-order valence-electron chi connectivity index (χ1n) is 6.09. The van der Waals surface area contributed by atoms with Gasteiger partial charge in [-0.3, -0.25) is 4.98 Å². The molecule has 0 bridgehead atoms. The zero-order chi connectivity index (χ0) is 13.8. The van der Waals surface area contributed by atoms with E-state index < -0.39 is 0 Å². The number of benzene rings is 1. The number of nitrogens with zero attached hydrogens (tertiary/aromatic N) is 2. The quantitative estimate of drug-likeness (QED) is 0.868. The molecule has 0 spiro atoms. The normalized spacial score (nSPS) is 10.2. The minimum absolute atomic E-state index is 0.341. The van der Waals surface area contributed by atoms with Crippen molar-refractivity contribution in [3.63, 3.8) is 0 Å². The molecule has 0 unspecified atom stereocenters. The van der Waals surface area contributed by atoms with E-state index >= 15 is 0 Å². The highest BCUT2D eigenvalue weighted by Crippen LogP contribution is 2.17. The third kappa shape index (κ3) is 3.29. The third-order valence-electron chi connectivity index (χ3n) is 2.97. The molecule has 0 atom stereocenters. The maximum atomic E-state index is 5.70. The molecule has 0 amide bonds. The van der Waals surface area contributed by atoms with Crippen LogP contribution in [0.5, 0.6) is 0 Å². The Bertz CT molecular complexity index is 595. The Hall–Kier alpha value is -1.94. The Morgan fingerprint density at radius 3 is 2.79 bits per heavy atom. The van der Waals surface area contributed by atoms with Crippen molar-refractivity contribution in [1.29, 1.82) is 0 Å². The van der Waals surface area contributed by atoms with Crippen molar-refractivity contribution in [2.45, 2.75) is 13.5 Å². The van der Waals surface area contributed by atoms with Gasteiger partial charge in [0, 0.05) is 31.0 Å². The topological polar surface area (TPSA) is 42.2 Å². The molecule has 3 nitrogen and oxygen atoms in total. The van der Waals surface area contributed by atoms with Crippen LogP contribution in [-0.4, -0.2) is 17.0 Å². The number of hydrogen-bond acceptors (Lipinski definition) is 3. The van der Waals surface area contributed by atoms with Crippen molar-refractivity contribution in [2.24, 2.45) is 5.73 Å². The molecule has 1 aromatic carbocycles. The predicted molar refractivity (Wildman–Crippen MR) is 83.4 cm³/mol. The summed E-state index contributed by atoms with van der Waals surface area (Å²) in [6.07, 6.45) is 1.71. The Morgan fingerprint density at radius 1 is 1.32 bits per heavy atom. The van der Waals surface area contributed by atoms with Gasteiger partial charge in [0.25, 0.3) is 0 Å². The van der Waals surface area contributed by atoms with Crippen molar-refractivity contribution in [3.05, 3.63) is 59.4 Å². The molecule has 2 aromatic rings. The molecule has 4 heteroatoms. The first-order valence-corrected chi connectivity index (χ1v) is 6.50. The van der Waals surface area contributed by atoms with Crippen molar-refractivity contribution in [3.8, 4) is 0 Å². The van der Waals surface area contributed by atoms with Crippen LogP contribution in [0.25, 0.3) is 0 Å². The average Bonchev–Trinajstić information content (AvgIpc) is 2.39. The monoisotopic (exact) mass is 271 g/mol. The number of rotatable bonds is 4. The minimum atomic E-state index is 0.341. The molecule has 98 valence electrons. The highest BCUT2D eigenvalue weighted by Gasteiger charge is 2.09. The molecule has 1 heterocycles. The van der Waals surface area contributed by atoms with Crippen LogP contribution in [0, 0.1) is 6.92 Å². The summed E-state index contributed by atoms with van der Waals surface area (Å²) in [5, 5.41) is 0. The largest absolute Gasteiger partial charge is 0.388 e. The van der Waals surface area contributed by atoms with Crippen molar-refractivity contribution >= 4 is 22.9 Å². The van der Waals surface area contributed by atoms with Gasteiger partial charge in [-0.1, -0.05) is 30.4 Å². The van der Waals surface area contributed by atoms with Crippen molar-refractivity contribution in [2.75, 3.05) is 11.9 Å². The van der Waals surface area contributed by atoms with E-state index in [9.17, 15) is 0 Å². The molecule has 0 aliphatic heterocycles. The standard InChI is InChI=1S/C15H17N3S/c1-11-5-3-7-13(9-11)18(2)10-12-6-4-8-17-14(12)15(16)19/h3-9H,10H2,1-2H3,(H2,16,19). The average molecular weight is 271 g/mol. The molecule has 0 aliphatic rings. The number of pyridine rings is 1. The Kier molecular flexibility index (Phi) is 4.12. The molecular formula is C15H17N3S. The summed E-state index contributed by atoms with van der Waals surface area (Å²) in [5.74, 6) is 0. The van der Waals surface area contributed by atoms with E-state index in [1.54, 1.807) is 6.20 Å². The first-order chi connectivity index (χ1) is 9.08. The molecule has 0 saturated carbocycles. The summed E-state index contributed by atoms with van der Waals surface area (Å²) in [5.41, 5.74) is 9.86. The first kappa shape index (κ1) is 13.5. The van der Waals surface area contributed by atoms with Gasteiger partial charge in [-0.05, 0) is 30.7 Å². The van der Waals surface area contributed by atoms with Crippen LogP contribution >= 0.6 is 12.2 Å². The molecule has 2 rings (SSSR count). The lowest BCUT2D eigenvalue weighted by Crippen LogP contribution is -2.21. The van der Waals surface area contributed by atoms with Crippen LogP contribution in [-0.2, 0) is 6.54 Å². The fraction of sp³-hybridized carbons (Fsp3) is 0.200. The number of anilines is 1. The molecule has 0 saturated heterocycles. The van der Waals surface area contributed by atoms with Crippen molar-refractivity contribution in [1.82, 2.24) is 4.98 Å². The van der Waals surface area contributed by atoms with Gasteiger partial charge < -0.3 is 10.6 Å². The SMILES string of the molecule is Cc1cccc(N(C)Cc2cccnc2C(N)=S)c1. The van der Waals surface area contributed by atoms with Gasteiger partial charge >= 0.3 is 0 Å². The molecule has 0 fully saturated rings. The zero-order valence-corrected chi connectivity index (χ0v) is 11.9. The van der Waals surface area contributed by atoms with Gasteiger partial charge in [-0.2, -0.15) is 0 Å². The van der Waals surface area contributed by atoms with Gasteiger partial charge in [0.15, 0.2) is 0 Å². The second-order valence-electron chi connectivity index (χ2n) is 4.57. The lowest BCUT2D eigenvalue weighted by Gasteiger charge is -2.21. The van der Waals surface area contributed by atoms with Crippen LogP contribution in [0.3, 0.4) is 0 Å². The van der Waals surface area contributed by atoms with Crippen LogP contribution in [0.4, 0.5) is 5.69 Å². The Labute approximate surface area is 119 Å². The fourth-order valence-electron chi connectivity index (χ4n) is 2.00. The number of thiocarbonyl (C=S) groups is 1. The second-order valence-corrected chi connectivity index (χ2v) is 5.01. The van der Waals surface area contributed by atoms with E-state index in [4.69, 9.17) is 18.0 Å². The maximum absolute atomic E-state index is 5.70. The van der Waals surface area contributed by atoms with Crippen LogP contribution in [0.15, 0.2) is 42.6 Å². The van der Waals surface area contributed by atoms with E-state index in [0.29, 0.717) is 10.7 Å². The van der Waals surface area contributed by atoms with Crippen LogP contribution in [0.1, 0.15) is 16.8 Å². The molecule has 0 aliphatic carbocycles. The molecule has 1 aromatic heterocycles. The van der Waals surface area contributed by atoms with Gasteiger partial charge in [0.2, 0.25) is 0 Å². The van der Waals surface area contributed by atoms with Crippen molar-refractivity contribution < 1.29 is 0 Å². The zero-order valence-electron chi connectivity index (χ0n) is 11.1. The minimum Gasteiger partial charge on any atom is -0.388 e. The summed E-state index contributed by atoms with van der Waals surface area (Å²) in [4.78, 5) is 6.75. The number of aryl methyl sites for hydroxylation is 1. The molecular weight excluding hydrogens is 254 g/mol. The van der Waals surface area contributed by atoms with Gasteiger partial charge in [-0.15, -0.1) is 0 Å². The fourth-order valence-corrected chi connectivity index (χ4v) is 2.18.